The molecular formula is C11H16ClNO. The van der Waals surface area contributed by atoms with Crippen molar-refractivity contribution in [1.82, 2.24) is 0 Å². The minimum Gasteiger partial charge on any atom is -0.496 e. The molecule has 1 atom stereocenters. The molecule has 0 aliphatic carbocycles. The van der Waals surface area contributed by atoms with Crippen LogP contribution in [0.15, 0.2) is 18.2 Å². The highest BCUT2D eigenvalue weighted by Crippen LogP contribution is 2.30. The Morgan fingerprint density at radius 2 is 2.00 bits per heavy atom. The number of rotatable bonds is 3. The normalized spacial score (nSPS) is 13.0. The molecule has 0 aromatic heterocycles. The van der Waals surface area contributed by atoms with Gasteiger partial charge in [0.25, 0.3) is 0 Å². The molecule has 0 aliphatic heterocycles. The standard InChI is InChI=1S/C11H16ClNO/c1-7(2)11(13)9-6-8(12)4-5-10(9)14-3/h4-7,11H,13H2,1-3H3. The highest BCUT2D eigenvalue weighted by atomic mass is 35.5. The van der Waals surface area contributed by atoms with Gasteiger partial charge in [0.1, 0.15) is 5.75 Å². The Hall–Kier alpha value is -0.730. The quantitative estimate of drug-likeness (QED) is 0.838. The molecule has 1 unspecified atom stereocenters. The van der Waals surface area contributed by atoms with E-state index in [-0.39, 0.29) is 6.04 Å². The maximum atomic E-state index is 6.04. The Labute approximate surface area is 90.0 Å². The summed E-state index contributed by atoms with van der Waals surface area (Å²) in [7, 11) is 1.64. The molecule has 0 heterocycles. The van der Waals surface area contributed by atoms with E-state index in [9.17, 15) is 0 Å². The summed E-state index contributed by atoms with van der Waals surface area (Å²) in [6.45, 7) is 4.15. The van der Waals surface area contributed by atoms with Gasteiger partial charge in [-0.2, -0.15) is 0 Å². The third kappa shape index (κ3) is 2.40. The van der Waals surface area contributed by atoms with Gasteiger partial charge in [-0.3, -0.25) is 0 Å². The Balaban J connectivity index is 3.10. The molecule has 3 heteroatoms. The summed E-state index contributed by atoms with van der Waals surface area (Å²) in [5, 5.41) is 0.692. The molecule has 1 aromatic carbocycles. The third-order valence-electron chi connectivity index (χ3n) is 2.27. The maximum absolute atomic E-state index is 6.04. The highest BCUT2D eigenvalue weighted by Gasteiger charge is 2.15. The van der Waals surface area contributed by atoms with Crippen molar-refractivity contribution >= 4 is 11.6 Å². The second-order valence-electron chi connectivity index (χ2n) is 3.66. The van der Waals surface area contributed by atoms with Crippen LogP contribution in [-0.2, 0) is 0 Å². The van der Waals surface area contributed by atoms with Crippen molar-refractivity contribution < 1.29 is 4.74 Å². The molecule has 2 nitrogen and oxygen atoms in total. The summed E-state index contributed by atoms with van der Waals surface area (Å²) in [6, 6.07) is 5.48. The number of benzene rings is 1. The molecule has 0 spiro atoms. The van der Waals surface area contributed by atoms with E-state index < -0.39 is 0 Å². The molecule has 78 valence electrons. The molecule has 0 saturated heterocycles. The number of methoxy groups -OCH3 is 1. The summed E-state index contributed by atoms with van der Waals surface area (Å²) in [5.74, 6) is 1.16. The molecule has 0 saturated carbocycles. The van der Waals surface area contributed by atoms with E-state index in [1.165, 1.54) is 0 Å². The van der Waals surface area contributed by atoms with E-state index >= 15 is 0 Å². The minimum atomic E-state index is -0.0383. The van der Waals surface area contributed by atoms with Gasteiger partial charge in [-0.05, 0) is 24.1 Å². The first-order chi connectivity index (χ1) is 6.56. The lowest BCUT2D eigenvalue weighted by Gasteiger charge is -2.19. The van der Waals surface area contributed by atoms with Crippen molar-refractivity contribution in [2.24, 2.45) is 11.7 Å². The molecule has 0 radical (unpaired) electrons. The second kappa shape index (κ2) is 4.67. The minimum absolute atomic E-state index is 0.0383. The first-order valence-electron chi connectivity index (χ1n) is 4.65. The Kier molecular flexibility index (Phi) is 3.78. The van der Waals surface area contributed by atoms with Gasteiger partial charge in [0.2, 0.25) is 0 Å². The number of ether oxygens (including phenoxy) is 1. The fourth-order valence-corrected chi connectivity index (χ4v) is 1.51. The number of hydrogen-bond acceptors (Lipinski definition) is 2. The van der Waals surface area contributed by atoms with Crippen LogP contribution in [0.5, 0.6) is 5.75 Å². The van der Waals surface area contributed by atoms with Gasteiger partial charge in [-0.15, -0.1) is 0 Å². The van der Waals surface area contributed by atoms with Crippen molar-refractivity contribution in [3.05, 3.63) is 28.8 Å². The predicted octanol–water partition coefficient (Wildman–Crippen LogP) is 3.00. The second-order valence-corrected chi connectivity index (χ2v) is 4.09. The molecular weight excluding hydrogens is 198 g/mol. The molecule has 14 heavy (non-hydrogen) atoms. The van der Waals surface area contributed by atoms with Crippen LogP contribution in [0.3, 0.4) is 0 Å². The lowest BCUT2D eigenvalue weighted by molar-refractivity contribution is 0.396. The zero-order chi connectivity index (χ0) is 10.7. The summed E-state index contributed by atoms with van der Waals surface area (Å²) in [4.78, 5) is 0. The van der Waals surface area contributed by atoms with Crippen LogP contribution in [0.1, 0.15) is 25.5 Å². The Morgan fingerprint density at radius 3 is 2.50 bits per heavy atom. The third-order valence-corrected chi connectivity index (χ3v) is 2.50. The van der Waals surface area contributed by atoms with Crippen LogP contribution in [-0.4, -0.2) is 7.11 Å². The van der Waals surface area contributed by atoms with E-state index in [1.54, 1.807) is 13.2 Å². The van der Waals surface area contributed by atoms with Crippen LogP contribution < -0.4 is 10.5 Å². The fourth-order valence-electron chi connectivity index (χ4n) is 1.32. The van der Waals surface area contributed by atoms with Gasteiger partial charge in [-0.1, -0.05) is 25.4 Å². The monoisotopic (exact) mass is 213 g/mol. The van der Waals surface area contributed by atoms with Crippen molar-refractivity contribution in [1.29, 1.82) is 0 Å². The lowest BCUT2D eigenvalue weighted by Crippen LogP contribution is -2.17. The summed E-state index contributed by atoms with van der Waals surface area (Å²) >= 11 is 5.91. The van der Waals surface area contributed by atoms with Gasteiger partial charge >= 0.3 is 0 Å². The van der Waals surface area contributed by atoms with Crippen LogP contribution >= 0.6 is 11.6 Å². The Morgan fingerprint density at radius 1 is 1.36 bits per heavy atom. The smallest absolute Gasteiger partial charge is 0.123 e. The number of nitrogens with two attached hydrogens (primary N) is 1. The molecule has 0 amide bonds. The van der Waals surface area contributed by atoms with Gasteiger partial charge in [0.05, 0.1) is 7.11 Å². The topological polar surface area (TPSA) is 35.2 Å². The van der Waals surface area contributed by atoms with Crippen LogP contribution in [0.25, 0.3) is 0 Å². The molecule has 0 fully saturated rings. The highest BCUT2D eigenvalue weighted by molar-refractivity contribution is 6.30. The number of hydrogen-bond donors (Lipinski definition) is 1. The van der Waals surface area contributed by atoms with E-state index in [0.29, 0.717) is 10.9 Å². The summed E-state index contributed by atoms with van der Waals surface area (Å²) < 4.78 is 5.23. The first kappa shape index (κ1) is 11.3. The molecule has 2 N–H and O–H groups in total. The SMILES string of the molecule is COc1ccc(Cl)cc1C(N)C(C)C. The zero-order valence-electron chi connectivity index (χ0n) is 8.75. The van der Waals surface area contributed by atoms with E-state index in [0.717, 1.165) is 11.3 Å². The zero-order valence-corrected chi connectivity index (χ0v) is 9.51. The van der Waals surface area contributed by atoms with Gasteiger partial charge < -0.3 is 10.5 Å². The van der Waals surface area contributed by atoms with Crippen molar-refractivity contribution in [2.45, 2.75) is 19.9 Å². The van der Waals surface area contributed by atoms with Crippen molar-refractivity contribution in [2.75, 3.05) is 7.11 Å². The fraction of sp³-hybridized carbons (Fsp3) is 0.455. The first-order valence-corrected chi connectivity index (χ1v) is 5.03. The molecule has 1 rings (SSSR count). The van der Waals surface area contributed by atoms with Gasteiger partial charge in [0, 0.05) is 16.6 Å². The van der Waals surface area contributed by atoms with E-state index in [2.05, 4.69) is 13.8 Å². The largest absolute Gasteiger partial charge is 0.496 e. The average molecular weight is 214 g/mol. The summed E-state index contributed by atoms with van der Waals surface area (Å²) in [6.07, 6.45) is 0. The summed E-state index contributed by atoms with van der Waals surface area (Å²) in [5.41, 5.74) is 7.01. The molecule has 0 bridgehead atoms. The Bertz CT molecular complexity index is 312. The van der Waals surface area contributed by atoms with Crippen molar-refractivity contribution in [3.63, 3.8) is 0 Å². The lowest BCUT2D eigenvalue weighted by atomic mass is 9.96. The maximum Gasteiger partial charge on any atom is 0.123 e. The van der Waals surface area contributed by atoms with Crippen LogP contribution in [0.2, 0.25) is 5.02 Å². The molecule has 1 aromatic rings. The van der Waals surface area contributed by atoms with Crippen LogP contribution in [0, 0.1) is 5.92 Å². The van der Waals surface area contributed by atoms with E-state index in [1.807, 2.05) is 12.1 Å². The van der Waals surface area contributed by atoms with Gasteiger partial charge in [-0.25, -0.2) is 0 Å². The van der Waals surface area contributed by atoms with E-state index in [4.69, 9.17) is 22.1 Å². The van der Waals surface area contributed by atoms with Crippen LogP contribution in [0.4, 0.5) is 0 Å². The van der Waals surface area contributed by atoms with Crippen molar-refractivity contribution in [3.8, 4) is 5.75 Å². The predicted molar refractivity (Wildman–Crippen MR) is 59.8 cm³/mol. The number of halogens is 1. The van der Waals surface area contributed by atoms with Gasteiger partial charge in [0.15, 0.2) is 0 Å². The average Bonchev–Trinajstić information content (AvgIpc) is 2.16. The molecule has 0 aliphatic rings.